The molecule has 0 radical (unpaired) electrons. The van der Waals surface area contributed by atoms with Crippen LogP contribution in [-0.2, 0) is 16.6 Å². The van der Waals surface area contributed by atoms with Crippen LogP contribution in [0.15, 0.2) is 133 Å². The Bertz CT molecular complexity index is 2480. The molecule has 0 saturated carbocycles. The zero-order valence-corrected chi connectivity index (χ0v) is 33.5. The molecule has 2 N–H and O–H groups in total. The number of benzene rings is 6. The van der Waals surface area contributed by atoms with Gasteiger partial charge in [0.15, 0.2) is 0 Å². The smallest absolute Gasteiger partial charge is 0.132 e. The van der Waals surface area contributed by atoms with Crippen LogP contribution in [0.4, 0.5) is 17.1 Å². The van der Waals surface area contributed by atoms with Crippen molar-refractivity contribution in [3.05, 3.63) is 184 Å². The van der Waals surface area contributed by atoms with Crippen molar-refractivity contribution >= 4 is 23.1 Å². The molecule has 6 aromatic rings. The van der Waals surface area contributed by atoms with Crippen LogP contribution in [0.5, 0.6) is 5.75 Å². The Balaban J connectivity index is 1.27. The lowest BCUT2D eigenvalue weighted by atomic mass is 9.68. The lowest BCUT2D eigenvalue weighted by Gasteiger charge is -2.35. The molecule has 9 rings (SSSR count). The number of hydrogen-bond donors (Lipinski definition) is 2. The van der Waals surface area contributed by atoms with Crippen LogP contribution in [0.2, 0.25) is 0 Å². The van der Waals surface area contributed by atoms with Gasteiger partial charge in [-0.3, -0.25) is 0 Å². The molecular weight excluding hydrogens is 687 g/mol. The molecule has 1 aliphatic heterocycles. The third-order valence-corrected chi connectivity index (χ3v) is 12.8. The van der Waals surface area contributed by atoms with Crippen LogP contribution in [0, 0.1) is 6.92 Å². The van der Waals surface area contributed by atoms with Crippen LogP contribution in [0.1, 0.15) is 116 Å². The van der Waals surface area contributed by atoms with Gasteiger partial charge >= 0.3 is 0 Å². The van der Waals surface area contributed by atoms with Gasteiger partial charge in [0, 0.05) is 28.3 Å². The Morgan fingerprint density at radius 1 is 0.696 bits per heavy atom. The standard InChI is InChI=1S/C52H51NO3/c1-32-16-13-17-34-18-15-24-45(47(32)34)53(38-22-14-19-35(28-38)36-29-42(50(3,4)54)33(2)43(30-36)51(5,6)55)39-26-27-40-44(31-39)52(7,37-20-9-8-10-21-37)48-41-23-11-12-25-46(41)56-49(40)48/h8-15,17-32,48-49,54-55H,16H2,1-7H3. The number of allylic oxidation sites excluding steroid dienone is 1. The van der Waals surface area contributed by atoms with Crippen molar-refractivity contribution < 1.29 is 14.9 Å². The fraction of sp³-hybridized carbons (Fsp3) is 0.269. The minimum Gasteiger partial charge on any atom is -0.485 e. The number of rotatable bonds is 7. The first kappa shape index (κ1) is 36.2. The largest absolute Gasteiger partial charge is 0.485 e. The summed E-state index contributed by atoms with van der Waals surface area (Å²) in [5.74, 6) is 1.45. The highest BCUT2D eigenvalue weighted by Crippen LogP contribution is 2.64. The maximum Gasteiger partial charge on any atom is 0.132 e. The highest BCUT2D eigenvalue weighted by Gasteiger charge is 2.56. The third kappa shape index (κ3) is 5.73. The molecule has 1 heterocycles. The maximum absolute atomic E-state index is 11.3. The SMILES string of the molecule is Cc1c(C(C)(C)O)cc(-c2cccc(N(c3ccc4c(c3)C(C)(c3ccccc3)C3c5ccccc5OC43)c3cccc4c3C(C)CC=C4)c2)cc1C(C)(C)O. The predicted octanol–water partition coefficient (Wildman–Crippen LogP) is 12.6. The van der Waals surface area contributed by atoms with Gasteiger partial charge in [-0.05, 0) is 151 Å². The van der Waals surface area contributed by atoms with Gasteiger partial charge in [-0.25, -0.2) is 0 Å². The summed E-state index contributed by atoms with van der Waals surface area (Å²) in [6.07, 6.45) is 5.46. The summed E-state index contributed by atoms with van der Waals surface area (Å²) in [7, 11) is 0. The van der Waals surface area contributed by atoms with E-state index in [9.17, 15) is 10.2 Å². The van der Waals surface area contributed by atoms with E-state index in [2.05, 4.69) is 158 Å². The zero-order chi connectivity index (χ0) is 39.1. The third-order valence-electron chi connectivity index (χ3n) is 12.8. The van der Waals surface area contributed by atoms with Gasteiger partial charge < -0.3 is 19.8 Å². The van der Waals surface area contributed by atoms with E-state index >= 15 is 0 Å². The van der Waals surface area contributed by atoms with Gasteiger partial charge in [0.2, 0.25) is 0 Å². The number of para-hydroxylation sites is 1. The maximum atomic E-state index is 11.3. The molecule has 56 heavy (non-hydrogen) atoms. The first-order chi connectivity index (χ1) is 26.7. The van der Waals surface area contributed by atoms with Crippen molar-refractivity contribution in [2.75, 3.05) is 4.90 Å². The highest BCUT2D eigenvalue weighted by molar-refractivity contribution is 5.85. The summed E-state index contributed by atoms with van der Waals surface area (Å²) >= 11 is 0. The fourth-order valence-electron chi connectivity index (χ4n) is 10.1. The van der Waals surface area contributed by atoms with Crippen LogP contribution >= 0.6 is 0 Å². The van der Waals surface area contributed by atoms with Gasteiger partial charge in [0.25, 0.3) is 0 Å². The molecule has 0 saturated heterocycles. The molecule has 0 aromatic heterocycles. The van der Waals surface area contributed by atoms with Crippen molar-refractivity contribution in [3.63, 3.8) is 0 Å². The second kappa shape index (κ2) is 13.1. The van der Waals surface area contributed by atoms with Gasteiger partial charge in [0.05, 0.1) is 16.9 Å². The number of anilines is 3. The Kier molecular flexibility index (Phi) is 8.46. The summed E-state index contributed by atoms with van der Waals surface area (Å²) in [5, 5.41) is 22.6. The summed E-state index contributed by atoms with van der Waals surface area (Å²) in [6.45, 7) is 14.0. The minimum absolute atomic E-state index is 0.0791. The van der Waals surface area contributed by atoms with Gasteiger partial charge in [0.1, 0.15) is 11.9 Å². The monoisotopic (exact) mass is 737 g/mol. The number of fused-ring (bicyclic) bond motifs is 6. The molecule has 4 atom stereocenters. The number of ether oxygens (including phenoxy) is 1. The quantitative estimate of drug-likeness (QED) is 0.171. The molecule has 4 nitrogen and oxygen atoms in total. The zero-order valence-electron chi connectivity index (χ0n) is 33.5. The van der Waals surface area contributed by atoms with Crippen LogP contribution < -0.4 is 9.64 Å². The molecule has 4 heteroatoms. The van der Waals surface area contributed by atoms with Crippen molar-refractivity contribution in [1.29, 1.82) is 0 Å². The van der Waals surface area contributed by atoms with E-state index < -0.39 is 11.2 Å². The lowest BCUT2D eigenvalue weighted by molar-refractivity contribution is 0.0706. The van der Waals surface area contributed by atoms with Gasteiger partial charge in [-0.1, -0.05) is 105 Å². The Morgan fingerprint density at radius 3 is 2.11 bits per heavy atom. The second-order valence-electron chi connectivity index (χ2n) is 17.4. The number of nitrogens with zero attached hydrogens (tertiary/aromatic N) is 1. The first-order valence-corrected chi connectivity index (χ1v) is 20.0. The van der Waals surface area contributed by atoms with E-state index in [-0.39, 0.29) is 17.4 Å². The number of aliphatic hydroxyl groups is 2. The van der Waals surface area contributed by atoms with E-state index in [0.717, 1.165) is 57.0 Å². The predicted molar refractivity (Wildman–Crippen MR) is 229 cm³/mol. The molecule has 282 valence electrons. The normalized spacial score (nSPS) is 20.8. The van der Waals surface area contributed by atoms with E-state index in [1.165, 1.54) is 33.4 Å². The lowest BCUT2D eigenvalue weighted by Crippen LogP contribution is -2.28. The van der Waals surface area contributed by atoms with Crippen molar-refractivity contribution in [3.8, 4) is 16.9 Å². The average molecular weight is 738 g/mol. The van der Waals surface area contributed by atoms with Crippen molar-refractivity contribution in [1.82, 2.24) is 0 Å². The first-order valence-electron chi connectivity index (χ1n) is 20.0. The van der Waals surface area contributed by atoms with Crippen LogP contribution in [0.3, 0.4) is 0 Å². The average Bonchev–Trinajstić information content (AvgIpc) is 3.68. The summed E-state index contributed by atoms with van der Waals surface area (Å²) in [4.78, 5) is 2.44. The Hall–Kier alpha value is -5.42. The highest BCUT2D eigenvalue weighted by atomic mass is 16.5. The topological polar surface area (TPSA) is 52.9 Å². The minimum atomic E-state index is -1.09. The molecule has 0 spiro atoms. The van der Waals surface area contributed by atoms with Crippen LogP contribution in [-0.4, -0.2) is 10.2 Å². The molecule has 3 aliphatic rings. The molecule has 6 aromatic carbocycles. The van der Waals surface area contributed by atoms with E-state index in [4.69, 9.17) is 4.74 Å². The van der Waals surface area contributed by atoms with Crippen molar-refractivity contribution in [2.45, 2.75) is 89.4 Å². The fourth-order valence-corrected chi connectivity index (χ4v) is 10.1. The summed E-state index contributed by atoms with van der Waals surface area (Å²) < 4.78 is 6.82. The molecule has 0 amide bonds. The molecule has 0 bridgehead atoms. The van der Waals surface area contributed by atoms with Gasteiger partial charge in [-0.15, -0.1) is 0 Å². The summed E-state index contributed by atoms with van der Waals surface area (Å²) in [5.41, 5.74) is 12.9. The van der Waals surface area contributed by atoms with Crippen molar-refractivity contribution in [2.24, 2.45) is 0 Å². The van der Waals surface area contributed by atoms with Crippen LogP contribution in [0.25, 0.3) is 17.2 Å². The molecule has 2 aliphatic carbocycles. The summed E-state index contributed by atoms with van der Waals surface area (Å²) in [6, 6.07) is 46.1. The van der Waals surface area contributed by atoms with E-state index in [1.54, 1.807) is 0 Å². The number of hydrogen-bond acceptors (Lipinski definition) is 4. The molecular formula is C52H51NO3. The second-order valence-corrected chi connectivity index (χ2v) is 17.4. The Labute approximate surface area is 331 Å². The van der Waals surface area contributed by atoms with E-state index in [1.807, 2.05) is 34.6 Å². The van der Waals surface area contributed by atoms with Gasteiger partial charge in [-0.2, -0.15) is 0 Å². The molecule has 4 unspecified atom stereocenters. The Morgan fingerprint density at radius 2 is 1.38 bits per heavy atom. The molecule has 0 fully saturated rings. The van der Waals surface area contributed by atoms with E-state index in [0.29, 0.717) is 5.92 Å².